The molecule has 6 heterocycles. The predicted molar refractivity (Wildman–Crippen MR) is 229 cm³/mol. The number of alkyl halides is 1. The number of fused-ring (bicyclic) bond motifs is 2. The summed E-state index contributed by atoms with van der Waals surface area (Å²) >= 11 is 0. The normalized spacial score (nSPS) is 23.0. The molecule has 332 valence electrons. The average molecular weight is 897 g/mol. The Morgan fingerprint density at radius 1 is 0.906 bits per heavy atom. The minimum absolute atomic E-state index is 0.00181. The van der Waals surface area contributed by atoms with Crippen LogP contribution in [0.4, 0.5) is 24.5 Å². The molecule has 10 rings (SSSR count). The lowest BCUT2D eigenvalue weighted by molar-refractivity contribution is -0.136. The predicted octanol–water partition coefficient (Wildman–Crippen LogP) is 4.93. The topological polar surface area (TPSA) is 177 Å². The fraction of sp³-hybridized carbons (Fsp3) is 0.356. The quantitative estimate of drug-likeness (QED) is 0.122. The third-order valence-corrected chi connectivity index (χ3v) is 14.5. The van der Waals surface area contributed by atoms with E-state index in [2.05, 4.69) is 25.1 Å². The van der Waals surface area contributed by atoms with Gasteiger partial charge in [0.1, 0.15) is 35.5 Å². The van der Waals surface area contributed by atoms with E-state index in [9.17, 15) is 32.0 Å². The number of nitrogens with zero attached hydrogens (tertiary/aromatic N) is 5. The number of piperidine rings is 1. The highest BCUT2D eigenvalue weighted by Gasteiger charge is 2.40. The van der Waals surface area contributed by atoms with Crippen molar-refractivity contribution in [3.05, 3.63) is 107 Å². The van der Waals surface area contributed by atoms with Crippen LogP contribution in [0.5, 0.6) is 5.75 Å². The maximum Gasteiger partial charge on any atom is 0.301 e. The van der Waals surface area contributed by atoms with Crippen molar-refractivity contribution in [3.8, 4) is 16.9 Å². The molecule has 3 aromatic carbocycles. The number of aromatic amines is 1. The van der Waals surface area contributed by atoms with Crippen LogP contribution in [0.1, 0.15) is 63.9 Å². The number of benzene rings is 3. The Kier molecular flexibility index (Phi) is 10.7. The van der Waals surface area contributed by atoms with E-state index in [-0.39, 0.29) is 42.9 Å². The molecule has 1 aliphatic carbocycles. The summed E-state index contributed by atoms with van der Waals surface area (Å²) in [5.41, 5.74) is 2.59. The van der Waals surface area contributed by atoms with Gasteiger partial charge in [0.05, 0.1) is 11.3 Å². The molecule has 0 bridgehead atoms. The molecule has 4 fully saturated rings. The molecule has 0 spiro atoms. The van der Waals surface area contributed by atoms with Gasteiger partial charge in [-0.25, -0.2) is 18.2 Å². The van der Waals surface area contributed by atoms with Crippen molar-refractivity contribution in [1.29, 1.82) is 0 Å². The third kappa shape index (κ3) is 7.74. The number of aromatic nitrogens is 2. The van der Waals surface area contributed by atoms with Crippen molar-refractivity contribution in [2.24, 2.45) is 0 Å². The molecule has 5 aromatic rings. The minimum atomic E-state index is -4.36. The molecule has 3 amide bonds. The van der Waals surface area contributed by atoms with Gasteiger partial charge in [-0.05, 0) is 72.5 Å². The summed E-state index contributed by atoms with van der Waals surface area (Å²) < 4.78 is 79.3. The van der Waals surface area contributed by atoms with Crippen molar-refractivity contribution >= 4 is 56.1 Å². The standard InChI is InChI=1S/C45H43F3N8O7S/c46-28-11-12-55(24-28)64(61,62)52-37-8-7-36(47)40(41(37)48)42(58)35-22-50-43-34(35)18-26(21-49-43)25-1-4-31(5-2-25)63-32-19-30(20-32)54-15-13-53(14-16-54)29-3-6-33-27(17-29)23-56(45(33)60)38-9-10-39(57)51-44(38)59/h1-8,17-18,21-22,28,30,32,38,52H,9-16,19-20,23-24H2,(H,49,50)(H,51,57,59)/t28-,30?,32?,38?/m1/s1. The van der Waals surface area contributed by atoms with E-state index in [0.29, 0.717) is 46.9 Å². The Balaban J connectivity index is 0.735. The van der Waals surface area contributed by atoms with E-state index < -0.39 is 63.5 Å². The third-order valence-electron chi connectivity index (χ3n) is 13.0. The van der Waals surface area contributed by atoms with Crippen molar-refractivity contribution < 1.29 is 45.5 Å². The maximum absolute atomic E-state index is 15.7. The number of amides is 3. The fourth-order valence-corrected chi connectivity index (χ4v) is 10.7. The van der Waals surface area contributed by atoms with Crippen molar-refractivity contribution in [2.45, 2.75) is 63.0 Å². The van der Waals surface area contributed by atoms with Gasteiger partial charge in [0, 0.05) is 111 Å². The molecule has 2 atom stereocenters. The summed E-state index contributed by atoms with van der Waals surface area (Å²) in [5.74, 6) is -3.80. The van der Waals surface area contributed by atoms with Gasteiger partial charge in [-0.1, -0.05) is 12.1 Å². The van der Waals surface area contributed by atoms with Gasteiger partial charge in [-0.2, -0.15) is 12.7 Å². The molecule has 1 saturated carbocycles. The average Bonchev–Trinajstić information content (AvgIpc) is 4.00. The maximum atomic E-state index is 15.7. The van der Waals surface area contributed by atoms with Crippen LogP contribution in [0.15, 0.2) is 73.1 Å². The largest absolute Gasteiger partial charge is 0.490 e. The van der Waals surface area contributed by atoms with E-state index >= 15 is 8.78 Å². The number of ether oxygens (including phenoxy) is 1. The van der Waals surface area contributed by atoms with Gasteiger partial charge in [0.2, 0.25) is 17.6 Å². The zero-order valence-corrected chi connectivity index (χ0v) is 35.2. The molecule has 3 N–H and O–H groups in total. The van der Waals surface area contributed by atoms with Crippen LogP contribution in [-0.4, -0.2) is 120 Å². The summed E-state index contributed by atoms with van der Waals surface area (Å²) in [7, 11) is -4.36. The second-order valence-electron chi connectivity index (χ2n) is 16.9. The Labute approximate surface area is 365 Å². The Bertz CT molecular complexity index is 2830. The fourth-order valence-electron chi connectivity index (χ4n) is 9.39. The first-order valence-corrected chi connectivity index (χ1v) is 22.7. The Hall–Kier alpha value is -6.31. The summed E-state index contributed by atoms with van der Waals surface area (Å²) in [4.78, 5) is 64.6. The highest BCUT2D eigenvalue weighted by molar-refractivity contribution is 7.90. The van der Waals surface area contributed by atoms with Crippen LogP contribution in [-0.2, 0) is 26.3 Å². The lowest BCUT2D eigenvalue weighted by Gasteiger charge is -2.46. The molecule has 15 nitrogen and oxygen atoms in total. The van der Waals surface area contributed by atoms with Gasteiger partial charge in [-0.3, -0.25) is 34.1 Å². The molecule has 4 aliphatic heterocycles. The first-order chi connectivity index (χ1) is 30.8. The van der Waals surface area contributed by atoms with E-state index in [1.54, 1.807) is 17.2 Å². The molecule has 3 saturated heterocycles. The van der Waals surface area contributed by atoms with Crippen molar-refractivity contribution in [1.82, 2.24) is 29.4 Å². The highest BCUT2D eigenvalue weighted by atomic mass is 32.2. The lowest BCUT2D eigenvalue weighted by atomic mass is 9.87. The number of pyridine rings is 1. The minimum Gasteiger partial charge on any atom is -0.490 e. The van der Waals surface area contributed by atoms with E-state index in [1.807, 2.05) is 47.2 Å². The zero-order valence-electron chi connectivity index (χ0n) is 34.4. The van der Waals surface area contributed by atoms with Gasteiger partial charge in [0.25, 0.3) is 5.91 Å². The molecule has 5 aliphatic rings. The molecule has 2 aromatic heterocycles. The number of piperazine rings is 1. The molecule has 1 unspecified atom stereocenters. The van der Waals surface area contributed by atoms with Gasteiger partial charge >= 0.3 is 10.2 Å². The number of anilines is 2. The van der Waals surface area contributed by atoms with Gasteiger partial charge in [-0.15, -0.1) is 0 Å². The molecule has 19 heteroatoms. The van der Waals surface area contributed by atoms with Crippen LogP contribution in [0.25, 0.3) is 22.2 Å². The van der Waals surface area contributed by atoms with Crippen molar-refractivity contribution in [2.75, 3.05) is 48.9 Å². The van der Waals surface area contributed by atoms with Gasteiger partial charge < -0.3 is 19.5 Å². The summed E-state index contributed by atoms with van der Waals surface area (Å²) in [6.45, 7) is 3.29. The summed E-state index contributed by atoms with van der Waals surface area (Å²) in [5, 5.41) is 2.66. The first kappa shape index (κ1) is 41.7. The molecular weight excluding hydrogens is 854 g/mol. The first-order valence-electron chi connectivity index (χ1n) is 21.2. The van der Waals surface area contributed by atoms with E-state index in [0.717, 1.165) is 72.3 Å². The number of hydrogen-bond acceptors (Lipinski definition) is 10. The number of rotatable bonds is 11. The number of ketones is 1. The number of hydrogen-bond donors (Lipinski definition) is 3. The lowest BCUT2D eigenvalue weighted by Crippen LogP contribution is -2.56. The number of H-pyrrole nitrogens is 1. The van der Waals surface area contributed by atoms with Crippen LogP contribution in [0, 0.1) is 11.6 Å². The van der Waals surface area contributed by atoms with Crippen LogP contribution in [0.2, 0.25) is 0 Å². The summed E-state index contributed by atoms with van der Waals surface area (Å²) in [6, 6.07) is 16.4. The molecule has 0 radical (unpaired) electrons. The summed E-state index contributed by atoms with van der Waals surface area (Å²) in [6.07, 6.45) is 3.93. The Morgan fingerprint density at radius 3 is 2.42 bits per heavy atom. The van der Waals surface area contributed by atoms with E-state index in [1.165, 1.54) is 6.20 Å². The van der Waals surface area contributed by atoms with Crippen molar-refractivity contribution in [3.63, 3.8) is 0 Å². The van der Waals surface area contributed by atoms with Crippen LogP contribution in [0.3, 0.4) is 0 Å². The van der Waals surface area contributed by atoms with Crippen LogP contribution < -0.4 is 19.7 Å². The highest BCUT2D eigenvalue weighted by Crippen LogP contribution is 2.35. The number of imide groups is 1. The van der Waals surface area contributed by atoms with E-state index in [4.69, 9.17) is 4.74 Å². The number of nitrogens with one attached hydrogen (secondary N) is 3. The number of carbonyl (C=O) groups excluding carboxylic acids is 4. The second-order valence-corrected chi connectivity index (χ2v) is 18.6. The monoisotopic (exact) mass is 896 g/mol. The molecular formula is C45H43F3N8O7S. The molecule has 64 heavy (non-hydrogen) atoms. The number of carbonyl (C=O) groups is 4. The smallest absolute Gasteiger partial charge is 0.301 e. The zero-order chi connectivity index (χ0) is 44.4. The van der Waals surface area contributed by atoms with Crippen LogP contribution >= 0.6 is 0 Å². The van der Waals surface area contributed by atoms with Gasteiger partial charge in [0.15, 0.2) is 5.82 Å². The Morgan fingerprint density at radius 2 is 1.69 bits per heavy atom. The second kappa shape index (κ2) is 16.4. The number of halogens is 3. The SMILES string of the molecule is O=C1CCC(N2Cc3cc(N4CCN(C5CC(Oc6ccc(-c7cnc8[nH]cc(C(=O)c9c(F)ccc(NS(=O)(=O)N%10CC[C@@H](F)C%10)c9F)c8c7)cc6)C5)CC4)ccc3C2=O)C(=O)N1.